The number of amides is 1. The molecule has 4 N–H and O–H groups in total. The van der Waals surface area contributed by atoms with Crippen molar-refractivity contribution in [3.8, 4) is 5.75 Å². The van der Waals surface area contributed by atoms with Crippen molar-refractivity contribution in [3.63, 3.8) is 0 Å². The lowest BCUT2D eigenvalue weighted by molar-refractivity contribution is -0.124. The number of carbonyl (C=O) groups is 2. The maximum atomic E-state index is 11.8. The van der Waals surface area contributed by atoms with E-state index in [4.69, 9.17) is 15.6 Å². The molecule has 1 fully saturated rings. The van der Waals surface area contributed by atoms with E-state index in [9.17, 15) is 9.59 Å². The first-order chi connectivity index (χ1) is 10.1. The van der Waals surface area contributed by atoms with Gasteiger partial charge >= 0.3 is 5.97 Å². The van der Waals surface area contributed by atoms with Crippen LogP contribution in [0.1, 0.15) is 42.5 Å². The van der Waals surface area contributed by atoms with E-state index >= 15 is 0 Å². The summed E-state index contributed by atoms with van der Waals surface area (Å²) < 4.78 is 5.31. The number of anilines is 1. The zero-order valence-electron chi connectivity index (χ0n) is 11.8. The summed E-state index contributed by atoms with van der Waals surface area (Å²) in [6.07, 6.45) is 5.47. The summed E-state index contributed by atoms with van der Waals surface area (Å²) in [5.74, 6) is -1.21. The number of rotatable bonds is 5. The normalized spacial score (nSPS) is 15.4. The molecule has 1 saturated carbocycles. The van der Waals surface area contributed by atoms with Crippen molar-refractivity contribution in [3.05, 3.63) is 23.8 Å². The summed E-state index contributed by atoms with van der Waals surface area (Å²) >= 11 is 0. The lowest BCUT2D eigenvalue weighted by atomic mass is 9.95. The molecule has 0 unspecified atom stereocenters. The second kappa shape index (κ2) is 6.97. The predicted molar refractivity (Wildman–Crippen MR) is 78.3 cm³/mol. The van der Waals surface area contributed by atoms with Crippen LogP contribution in [0.5, 0.6) is 5.75 Å². The van der Waals surface area contributed by atoms with Gasteiger partial charge in [-0.05, 0) is 31.0 Å². The average Bonchev–Trinajstić information content (AvgIpc) is 2.47. The van der Waals surface area contributed by atoms with Gasteiger partial charge in [-0.3, -0.25) is 4.79 Å². The van der Waals surface area contributed by atoms with Gasteiger partial charge in [-0.1, -0.05) is 19.3 Å². The standard InChI is InChI=1S/C15H20N2O4/c16-10-6-7-13(12(8-10)15(19)20)21-9-14(18)17-11-4-2-1-3-5-11/h6-8,11H,1-5,9,16H2,(H,17,18)(H,19,20). The summed E-state index contributed by atoms with van der Waals surface area (Å²) in [5, 5.41) is 12.0. The van der Waals surface area contributed by atoms with Crippen LogP contribution in [0.2, 0.25) is 0 Å². The molecule has 1 aliphatic carbocycles. The molecule has 0 aromatic heterocycles. The molecule has 0 radical (unpaired) electrons. The highest BCUT2D eigenvalue weighted by atomic mass is 16.5. The first-order valence-electron chi connectivity index (χ1n) is 7.11. The summed E-state index contributed by atoms with van der Waals surface area (Å²) in [5.41, 5.74) is 5.84. The first kappa shape index (κ1) is 15.2. The van der Waals surface area contributed by atoms with E-state index in [1.807, 2.05) is 0 Å². The topological polar surface area (TPSA) is 102 Å². The number of hydrogen-bond donors (Lipinski definition) is 3. The Labute approximate surface area is 123 Å². The molecular weight excluding hydrogens is 272 g/mol. The van der Waals surface area contributed by atoms with Gasteiger partial charge in [0, 0.05) is 11.7 Å². The Morgan fingerprint density at radius 2 is 2.00 bits per heavy atom. The summed E-state index contributed by atoms with van der Waals surface area (Å²) in [7, 11) is 0. The molecule has 0 saturated heterocycles. The van der Waals surface area contributed by atoms with Crippen molar-refractivity contribution in [2.75, 3.05) is 12.3 Å². The largest absolute Gasteiger partial charge is 0.483 e. The highest BCUT2D eigenvalue weighted by Gasteiger charge is 2.17. The van der Waals surface area contributed by atoms with Crippen molar-refractivity contribution < 1.29 is 19.4 Å². The molecular formula is C15H20N2O4. The number of hydrogen-bond acceptors (Lipinski definition) is 4. The van der Waals surface area contributed by atoms with E-state index in [1.165, 1.54) is 18.6 Å². The molecule has 1 amide bonds. The first-order valence-corrected chi connectivity index (χ1v) is 7.11. The van der Waals surface area contributed by atoms with Gasteiger partial charge in [0.05, 0.1) is 0 Å². The van der Waals surface area contributed by atoms with E-state index in [0.29, 0.717) is 5.69 Å². The fourth-order valence-electron chi connectivity index (χ4n) is 2.50. The highest BCUT2D eigenvalue weighted by Crippen LogP contribution is 2.21. The van der Waals surface area contributed by atoms with Crippen LogP contribution >= 0.6 is 0 Å². The number of nitrogens with one attached hydrogen (secondary N) is 1. The maximum Gasteiger partial charge on any atom is 0.339 e. The minimum absolute atomic E-state index is 0.0412. The van der Waals surface area contributed by atoms with Gasteiger partial charge in [-0.2, -0.15) is 0 Å². The zero-order chi connectivity index (χ0) is 15.2. The Hall–Kier alpha value is -2.24. The molecule has 2 rings (SSSR count). The van der Waals surface area contributed by atoms with E-state index in [2.05, 4.69) is 5.32 Å². The number of carbonyl (C=O) groups excluding carboxylic acids is 1. The maximum absolute atomic E-state index is 11.8. The van der Waals surface area contributed by atoms with Crippen molar-refractivity contribution in [2.45, 2.75) is 38.1 Å². The Bertz CT molecular complexity index is 524. The van der Waals surface area contributed by atoms with Crippen LogP contribution in [0.15, 0.2) is 18.2 Å². The van der Waals surface area contributed by atoms with E-state index in [0.717, 1.165) is 25.7 Å². The van der Waals surface area contributed by atoms with Crippen LogP contribution in [0.3, 0.4) is 0 Å². The number of carboxylic acids is 1. The number of ether oxygens (including phenoxy) is 1. The predicted octanol–water partition coefficient (Wildman–Crippen LogP) is 1.79. The summed E-state index contributed by atoms with van der Waals surface area (Å²) in [6, 6.07) is 4.53. The minimum Gasteiger partial charge on any atom is -0.483 e. The smallest absolute Gasteiger partial charge is 0.339 e. The fraction of sp³-hybridized carbons (Fsp3) is 0.467. The van der Waals surface area contributed by atoms with Gasteiger partial charge in [-0.15, -0.1) is 0 Å². The average molecular weight is 292 g/mol. The second-order valence-electron chi connectivity index (χ2n) is 5.25. The SMILES string of the molecule is Nc1ccc(OCC(=O)NC2CCCCC2)c(C(=O)O)c1. The van der Waals surface area contributed by atoms with Crippen LogP contribution < -0.4 is 15.8 Å². The van der Waals surface area contributed by atoms with Gasteiger partial charge in [0.1, 0.15) is 11.3 Å². The molecule has 1 aliphatic rings. The van der Waals surface area contributed by atoms with Crippen LogP contribution in [0, 0.1) is 0 Å². The molecule has 0 heterocycles. The highest BCUT2D eigenvalue weighted by molar-refractivity contribution is 5.92. The lowest BCUT2D eigenvalue weighted by Gasteiger charge is -2.22. The number of nitrogen functional groups attached to an aromatic ring is 1. The Kier molecular flexibility index (Phi) is 5.03. The third-order valence-corrected chi connectivity index (χ3v) is 3.56. The van der Waals surface area contributed by atoms with E-state index in [1.54, 1.807) is 6.07 Å². The molecule has 6 heteroatoms. The minimum atomic E-state index is -1.13. The summed E-state index contributed by atoms with van der Waals surface area (Å²) in [4.78, 5) is 22.9. The molecule has 114 valence electrons. The number of carboxylic acid groups (broad SMARTS) is 1. The van der Waals surface area contributed by atoms with Gasteiger partial charge in [0.25, 0.3) is 5.91 Å². The lowest BCUT2D eigenvalue weighted by Crippen LogP contribution is -2.39. The monoisotopic (exact) mass is 292 g/mol. The van der Waals surface area contributed by atoms with Crippen LogP contribution in [-0.2, 0) is 4.79 Å². The molecule has 1 aromatic rings. The summed E-state index contributed by atoms with van der Waals surface area (Å²) in [6.45, 7) is -0.194. The Morgan fingerprint density at radius 3 is 2.67 bits per heavy atom. The number of nitrogens with two attached hydrogens (primary N) is 1. The molecule has 0 spiro atoms. The Morgan fingerprint density at radius 1 is 1.29 bits per heavy atom. The van der Waals surface area contributed by atoms with Crippen molar-refractivity contribution in [1.82, 2.24) is 5.32 Å². The molecule has 0 aliphatic heterocycles. The van der Waals surface area contributed by atoms with Gasteiger partial charge in [0.2, 0.25) is 0 Å². The third kappa shape index (κ3) is 4.37. The van der Waals surface area contributed by atoms with E-state index < -0.39 is 5.97 Å². The molecule has 6 nitrogen and oxygen atoms in total. The van der Waals surface area contributed by atoms with E-state index in [-0.39, 0.29) is 29.9 Å². The van der Waals surface area contributed by atoms with Gasteiger partial charge in [0.15, 0.2) is 6.61 Å². The third-order valence-electron chi connectivity index (χ3n) is 3.56. The quantitative estimate of drug-likeness (QED) is 0.718. The molecule has 0 atom stereocenters. The molecule has 21 heavy (non-hydrogen) atoms. The van der Waals surface area contributed by atoms with Crippen molar-refractivity contribution in [1.29, 1.82) is 0 Å². The van der Waals surface area contributed by atoms with Crippen LogP contribution in [0.25, 0.3) is 0 Å². The zero-order valence-corrected chi connectivity index (χ0v) is 11.8. The van der Waals surface area contributed by atoms with Crippen LogP contribution in [-0.4, -0.2) is 29.6 Å². The molecule has 0 bridgehead atoms. The second-order valence-corrected chi connectivity index (χ2v) is 5.25. The van der Waals surface area contributed by atoms with Crippen molar-refractivity contribution >= 4 is 17.6 Å². The molecule has 1 aromatic carbocycles. The number of aromatic carboxylic acids is 1. The number of benzene rings is 1. The van der Waals surface area contributed by atoms with Gasteiger partial charge < -0.3 is 20.9 Å². The van der Waals surface area contributed by atoms with Gasteiger partial charge in [-0.25, -0.2) is 4.79 Å². The van der Waals surface area contributed by atoms with Crippen molar-refractivity contribution in [2.24, 2.45) is 0 Å². The van der Waals surface area contributed by atoms with Crippen LogP contribution in [0.4, 0.5) is 5.69 Å². The fourth-order valence-corrected chi connectivity index (χ4v) is 2.50. The Balaban J connectivity index is 1.90.